The lowest BCUT2D eigenvalue weighted by Crippen LogP contribution is -2.31. The zero-order chi connectivity index (χ0) is 11.9. The van der Waals surface area contributed by atoms with Gasteiger partial charge in [-0.1, -0.05) is 37.1 Å². The van der Waals surface area contributed by atoms with Crippen LogP contribution in [0.1, 0.15) is 49.1 Å². The van der Waals surface area contributed by atoms with Gasteiger partial charge in [0, 0.05) is 6.04 Å². The number of fused-ring (bicyclic) bond motifs is 3. The molecule has 0 bridgehead atoms. The van der Waals surface area contributed by atoms with Gasteiger partial charge in [0.05, 0.1) is 0 Å². The zero-order valence-corrected chi connectivity index (χ0v) is 11.1. The van der Waals surface area contributed by atoms with Gasteiger partial charge < -0.3 is 5.32 Å². The fourth-order valence-corrected chi connectivity index (χ4v) is 4.55. The highest BCUT2D eigenvalue weighted by Crippen LogP contribution is 2.61. The van der Waals surface area contributed by atoms with Crippen molar-refractivity contribution >= 4 is 0 Å². The van der Waals surface area contributed by atoms with E-state index in [0.29, 0.717) is 0 Å². The summed E-state index contributed by atoms with van der Waals surface area (Å²) in [5, 5.41) is 3.83. The summed E-state index contributed by atoms with van der Waals surface area (Å²) in [7, 11) is 0. The minimum atomic E-state index is 0.814. The Hall–Kier alpha value is -0.820. The first-order chi connectivity index (χ1) is 8.95. The van der Waals surface area contributed by atoms with E-state index in [2.05, 4.69) is 29.6 Å². The average molecular weight is 241 g/mol. The van der Waals surface area contributed by atoms with E-state index in [1.54, 1.807) is 11.1 Å². The van der Waals surface area contributed by atoms with Crippen LogP contribution >= 0.6 is 0 Å². The summed E-state index contributed by atoms with van der Waals surface area (Å²) in [6.45, 7) is 1.25. The summed E-state index contributed by atoms with van der Waals surface area (Å²) < 4.78 is 0. The van der Waals surface area contributed by atoms with Crippen molar-refractivity contribution < 1.29 is 0 Å². The maximum absolute atomic E-state index is 3.83. The minimum absolute atomic E-state index is 0.814. The Balaban J connectivity index is 1.57. The van der Waals surface area contributed by atoms with E-state index in [4.69, 9.17) is 0 Å². The van der Waals surface area contributed by atoms with Crippen LogP contribution in [0.3, 0.4) is 0 Å². The van der Waals surface area contributed by atoms with Crippen molar-refractivity contribution in [2.75, 3.05) is 6.54 Å². The summed E-state index contributed by atoms with van der Waals surface area (Å²) in [4.78, 5) is 0. The molecule has 2 fully saturated rings. The van der Waals surface area contributed by atoms with Crippen LogP contribution in [0, 0.1) is 11.8 Å². The van der Waals surface area contributed by atoms with E-state index in [1.165, 1.54) is 45.1 Å². The Morgan fingerprint density at radius 2 is 1.94 bits per heavy atom. The van der Waals surface area contributed by atoms with Crippen LogP contribution in [0.4, 0.5) is 0 Å². The smallest absolute Gasteiger partial charge is 0.0104 e. The number of benzene rings is 1. The van der Waals surface area contributed by atoms with E-state index in [1.807, 2.05) is 0 Å². The maximum Gasteiger partial charge on any atom is 0.0104 e. The molecule has 1 saturated heterocycles. The third-order valence-electron chi connectivity index (χ3n) is 5.45. The molecule has 1 aromatic carbocycles. The van der Waals surface area contributed by atoms with Crippen molar-refractivity contribution in [1.29, 1.82) is 0 Å². The highest BCUT2D eigenvalue weighted by Gasteiger charge is 2.55. The minimum Gasteiger partial charge on any atom is -0.314 e. The van der Waals surface area contributed by atoms with Gasteiger partial charge in [0.2, 0.25) is 0 Å². The normalized spacial score (nSPS) is 38.4. The number of hydrogen-bond acceptors (Lipinski definition) is 1. The Morgan fingerprint density at radius 1 is 1.00 bits per heavy atom. The van der Waals surface area contributed by atoms with E-state index in [0.717, 1.165) is 23.8 Å². The standard InChI is InChI=1S/C17H23N/c1-2-8-15(18-11-5-1)17-14-10-9-12-6-3-4-7-13(12)16(14)17/h3-4,6-7,14-18H,1-2,5,8-11H2. The van der Waals surface area contributed by atoms with Crippen LogP contribution in [0.25, 0.3) is 0 Å². The van der Waals surface area contributed by atoms with Crippen LogP contribution in [-0.4, -0.2) is 12.6 Å². The molecule has 0 aromatic heterocycles. The number of nitrogens with one attached hydrogen (secondary N) is 1. The Bertz CT molecular complexity index is 431. The molecule has 0 amide bonds. The topological polar surface area (TPSA) is 12.0 Å². The molecule has 3 aliphatic rings. The van der Waals surface area contributed by atoms with Crippen LogP contribution in [-0.2, 0) is 6.42 Å². The molecule has 1 aliphatic heterocycles. The molecule has 1 nitrogen and oxygen atoms in total. The Kier molecular flexibility index (Phi) is 2.69. The van der Waals surface area contributed by atoms with Gasteiger partial charge in [-0.2, -0.15) is 0 Å². The summed E-state index contributed by atoms with van der Waals surface area (Å²) >= 11 is 0. The average Bonchev–Trinajstić information content (AvgIpc) is 3.18. The first-order valence-electron chi connectivity index (χ1n) is 7.76. The third-order valence-corrected chi connectivity index (χ3v) is 5.45. The molecular weight excluding hydrogens is 218 g/mol. The lowest BCUT2D eigenvalue weighted by Gasteiger charge is -2.16. The van der Waals surface area contributed by atoms with Gasteiger partial charge in [-0.15, -0.1) is 0 Å². The van der Waals surface area contributed by atoms with Gasteiger partial charge in [-0.05, 0) is 61.1 Å². The zero-order valence-electron chi connectivity index (χ0n) is 11.1. The maximum atomic E-state index is 3.83. The van der Waals surface area contributed by atoms with Crippen LogP contribution in [0.2, 0.25) is 0 Å². The van der Waals surface area contributed by atoms with E-state index in [-0.39, 0.29) is 0 Å². The molecule has 4 atom stereocenters. The monoisotopic (exact) mass is 241 g/mol. The van der Waals surface area contributed by atoms with Gasteiger partial charge in [-0.3, -0.25) is 0 Å². The number of rotatable bonds is 1. The molecular formula is C17H23N. The van der Waals surface area contributed by atoms with Crippen LogP contribution in [0.15, 0.2) is 24.3 Å². The molecule has 4 rings (SSSR count). The summed E-state index contributed by atoms with van der Waals surface area (Å²) in [6, 6.07) is 10.00. The Morgan fingerprint density at radius 3 is 2.94 bits per heavy atom. The summed E-state index contributed by atoms with van der Waals surface area (Å²) in [6.07, 6.45) is 8.43. The molecule has 4 unspecified atom stereocenters. The SMILES string of the molecule is c1ccc2c(c1)CCC1C2C1C1CCCCCN1. The molecule has 1 heterocycles. The van der Waals surface area contributed by atoms with Crippen molar-refractivity contribution in [3.05, 3.63) is 35.4 Å². The van der Waals surface area contributed by atoms with Gasteiger partial charge in [0.15, 0.2) is 0 Å². The first-order valence-corrected chi connectivity index (χ1v) is 7.76. The first kappa shape index (κ1) is 11.0. The molecule has 1 saturated carbocycles. The van der Waals surface area contributed by atoms with Crippen molar-refractivity contribution in [2.45, 2.75) is 50.5 Å². The lowest BCUT2D eigenvalue weighted by molar-refractivity contribution is 0.430. The van der Waals surface area contributed by atoms with Crippen molar-refractivity contribution in [1.82, 2.24) is 5.32 Å². The van der Waals surface area contributed by atoms with Crippen molar-refractivity contribution in [2.24, 2.45) is 11.8 Å². The van der Waals surface area contributed by atoms with E-state index in [9.17, 15) is 0 Å². The largest absolute Gasteiger partial charge is 0.314 e. The predicted octanol–water partition coefficient (Wildman–Crippen LogP) is 3.49. The van der Waals surface area contributed by atoms with Crippen LogP contribution < -0.4 is 5.32 Å². The lowest BCUT2D eigenvalue weighted by atomic mass is 9.92. The van der Waals surface area contributed by atoms with Crippen molar-refractivity contribution in [3.8, 4) is 0 Å². The molecule has 0 spiro atoms. The third kappa shape index (κ3) is 1.72. The van der Waals surface area contributed by atoms with Gasteiger partial charge in [-0.25, -0.2) is 0 Å². The van der Waals surface area contributed by atoms with Gasteiger partial charge in [0.25, 0.3) is 0 Å². The molecule has 1 heteroatoms. The second kappa shape index (κ2) is 4.38. The van der Waals surface area contributed by atoms with E-state index >= 15 is 0 Å². The highest BCUT2D eigenvalue weighted by molar-refractivity contribution is 5.40. The quantitative estimate of drug-likeness (QED) is 0.793. The van der Waals surface area contributed by atoms with Gasteiger partial charge >= 0.3 is 0 Å². The van der Waals surface area contributed by atoms with Gasteiger partial charge in [0.1, 0.15) is 0 Å². The fourth-order valence-electron chi connectivity index (χ4n) is 4.55. The second-order valence-electron chi connectivity index (χ2n) is 6.41. The molecule has 0 radical (unpaired) electrons. The number of aryl methyl sites for hydroxylation is 1. The Labute approximate surface area is 110 Å². The van der Waals surface area contributed by atoms with E-state index < -0.39 is 0 Å². The summed E-state index contributed by atoms with van der Waals surface area (Å²) in [5.74, 6) is 2.84. The molecule has 1 aromatic rings. The molecule has 18 heavy (non-hydrogen) atoms. The summed E-state index contributed by atoms with van der Waals surface area (Å²) in [5.41, 5.74) is 3.32. The van der Waals surface area contributed by atoms with Crippen molar-refractivity contribution in [3.63, 3.8) is 0 Å². The predicted molar refractivity (Wildman–Crippen MR) is 74.7 cm³/mol. The van der Waals surface area contributed by atoms with Crippen LogP contribution in [0.5, 0.6) is 0 Å². The molecule has 1 N–H and O–H groups in total. The number of hydrogen-bond donors (Lipinski definition) is 1. The fraction of sp³-hybridized carbons (Fsp3) is 0.647. The second-order valence-corrected chi connectivity index (χ2v) is 6.41. The molecule has 2 aliphatic carbocycles. The highest BCUT2D eigenvalue weighted by atomic mass is 14.9. The molecule has 96 valence electrons.